The standard InChI is InChI=1S/C16H20N2.ClH/c17-11-15-8-4-10-18(15)12-14-7-3-6-13-5-1-2-9-16(13)14;/h1-3,5-7,9,15H,4,8,10-12,17H2;1H. The lowest BCUT2D eigenvalue weighted by Gasteiger charge is -2.23. The Labute approximate surface area is 121 Å². The van der Waals surface area contributed by atoms with Gasteiger partial charge < -0.3 is 5.73 Å². The molecule has 0 spiro atoms. The van der Waals surface area contributed by atoms with E-state index < -0.39 is 0 Å². The smallest absolute Gasteiger partial charge is 0.0243 e. The zero-order valence-electron chi connectivity index (χ0n) is 11.1. The Morgan fingerprint density at radius 3 is 2.74 bits per heavy atom. The largest absolute Gasteiger partial charge is 0.329 e. The summed E-state index contributed by atoms with van der Waals surface area (Å²) >= 11 is 0. The maximum absolute atomic E-state index is 5.85. The van der Waals surface area contributed by atoms with Gasteiger partial charge in [-0.1, -0.05) is 42.5 Å². The van der Waals surface area contributed by atoms with Crippen LogP contribution in [0.2, 0.25) is 0 Å². The summed E-state index contributed by atoms with van der Waals surface area (Å²) in [5.74, 6) is 0. The van der Waals surface area contributed by atoms with Crippen molar-refractivity contribution < 1.29 is 0 Å². The number of fused-ring (bicyclic) bond motifs is 1. The molecule has 1 saturated heterocycles. The van der Waals surface area contributed by atoms with E-state index in [1.165, 1.54) is 35.7 Å². The molecule has 0 bridgehead atoms. The van der Waals surface area contributed by atoms with Gasteiger partial charge in [-0.05, 0) is 35.7 Å². The maximum Gasteiger partial charge on any atom is 0.0243 e. The van der Waals surface area contributed by atoms with Gasteiger partial charge in [-0.25, -0.2) is 0 Å². The van der Waals surface area contributed by atoms with E-state index in [4.69, 9.17) is 5.73 Å². The van der Waals surface area contributed by atoms with Crippen molar-refractivity contribution in [1.29, 1.82) is 0 Å². The molecule has 0 radical (unpaired) electrons. The average Bonchev–Trinajstić information content (AvgIpc) is 2.86. The van der Waals surface area contributed by atoms with Crippen LogP contribution in [0.4, 0.5) is 0 Å². The second kappa shape index (κ2) is 6.38. The number of nitrogens with zero attached hydrogens (tertiary/aromatic N) is 1. The van der Waals surface area contributed by atoms with Gasteiger partial charge in [0, 0.05) is 19.1 Å². The van der Waals surface area contributed by atoms with Crippen molar-refractivity contribution in [1.82, 2.24) is 4.90 Å². The number of nitrogens with two attached hydrogens (primary N) is 1. The highest BCUT2D eigenvalue weighted by Gasteiger charge is 2.23. The van der Waals surface area contributed by atoms with Crippen molar-refractivity contribution in [2.45, 2.75) is 25.4 Å². The third-order valence-corrected chi connectivity index (χ3v) is 4.02. The van der Waals surface area contributed by atoms with Crippen LogP contribution in [0.15, 0.2) is 42.5 Å². The van der Waals surface area contributed by atoms with Gasteiger partial charge in [0.1, 0.15) is 0 Å². The first-order valence-corrected chi connectivity index (χ1v) is 6.79. The number of likely N-dealkylation sites (tertiary alicyclic amines) is 1. The third kappa shape index (κ3) is 2.92. The first-order chi connectivity index (χ1) is 8.88. The van der Waals surface area contributed by atoms with Crippen molar-refractivity contribution in [3.05, 3.63) is 48.0 Å². The molecule has 3 heteroatoms. The fourth-order valence-corrected chi connectivity index (χ4v) is 3.02. The van der Waals surface area contributed by atoms with Crippen LogP contribution in [0.3, 0.4) is 0 Å². The van der Waals surface area contributed by atoms with E-state index in [1.807, 2.05) is 0 Å². The Hall–Kier alpha value is -1.09. The first kappa shape index (κ1) is 14.3. The summed E-state index contributed by atoms with van der Waals surface area (Å²) in [4.78, 5) is 2.53. The van der Waals surface area contributed by atoms with Gasteiger partial charge >= 0.3 is 0 Å². The normalized spacial score (nSPS) is 19.5. The van der Waals surface area contributed by atoms with Crippen LogP contribution >= 0.6 is 12.4 Å². The average molecular weight is 277 g/mol. The van der Waals surface area contributed by atoms with E-state index in [9.17, 15) is 0 Å². The Morgan fingerprint density at radius 2 is 1.89 bits per heavy atom. The van der Waals surface area contributed by atoms with E-state index in [1.54, 1.807) is 0 Å². The summed E-state index contributed by atoms with van der Waals surface area (Å²) in [6, 6.07) is 15.8. The van der Waals surface area contributed by atoms with Crippen LogP contribution in [0.5, 0.6) is 0 Å². The predicted molar refractivity (Wildman–Crippen MR) is 83.7 cm³/mol. The molecule has 0 aromatic heterocycles. The van der Waals surface area contributed by atoms with Gasteiger partial charge in [-0.2, -0.15) is 0 Å². The topological polar surface area (TPSA) is 29.3 Å². The van der Waals surface area contributed by atoms with Crippen molar-refractivity contribution in [2.24, 2.45) is 5.73 Å². The monoisotopic (exact) mass is 276 g/mol. The Balaban J connectivity index is 0.00000133. The molecule has 2 nitrogen and oxygen atoms in total. The van der Waals surface area contributed by atoms with Crippen molar-refractivity contribution in [3.8, 4) is 0 Å². The Morgan fingerprint density at radius 1 is 1.11 bits per heavy atom. The molecule has 1 unspecified atom stereocenters. The molecular formula is C16H21ClN2. The summed E-state index contributed by atoms with van der Waals surface area (Å²) < 4.78 is 0. The minimum atomic E-state index is 0. The van der Waals surface area contributed by atoms with Gasteiger partial charge in [0.2, 0.25) is 0 Å². The lowest BCUT2D eigenvalue weighted by molar-refractivity contribution is 0.251. The third-order valence-electron chi connectivity index (χ3n) is 4.02. The van der Waals surface area contributed by atoms with Crippen LogP contribution in [-0.4, -0.2) is 24.0 Å². The van der Waals surface area contributed by atoms with Crippen molar-refractivity contribution >= 4 is 23.2 Å². The highest BCUT2D eigenvalue weighted by atomic mass is 35.5. The van der Waals surface area contributed by atoms with E-state index in [0.717, 1.165) is 13.1 Å². The van der Waals surface area contributed by atoms with Gasteiger partial charge in [0.15, 0.2) is 0 Å². The number of rotatable bonds is 3. The van der Waals surface area contributed by atoms with Gasteiger partial charge in [0.25, 0.3) is 0 Å². The second-order valence-corrected chi connectivity index (χ2v) is 5.14. The highest BCUT2D eigenvalue weighted by Crippen LogP contribution is 2.24. The fourth-order valence-electron chi connectivity index (χ4n) is 3.02. The van der Waals surface area contributed by atoms with E-state index >= 15 is 0 Å². The molecule has 1 aliphatic rings. The molecule has 2 aromatic rings. The molecule has 1 fully saturated rings. The summed E-state index contributed by atoms with van der Waals surface area (Å²) in [6.07, 6.45) is 2.54. The number of hydrogen-bond donors (Lipinski definition) is 1. The van der Waals surface area contributed by atoms with Crippen molar-refractivity contribution in [3.63, 3.8) is 0 Å². The minimum Gasteiger partial charge on any atom is -0.329 e. The predicted octanol–water partition coefficient (Wildman–Crippen LogP) is 3.18. The number of benzene rings is 2. The van der Waals surface area contributed by atoms with Crippen molar-refractivity contribution in [2.75, 3.05) is 13.1 Å². The highest BCUT2D eigenvalue weighted by molar-refractivity contribution is 5.85. The number of hydrogen-bond acceptors (Lipinski definition) is 2. The number of halogens is 1. The lowest BCUT2D eigenvalue weighted by atomic mass is 10.0. The molecule has 1 aliphatic heterocycles. The summed E-state index contributed by atoms with van der Waals surface area (Å²) in [6.45, 7) is 3.00. The quantitative estimate of drug-likeness (QED) is 0.933. The molecule has 0 amide bonds. The molecule has 19 heavy (non-hydrogen) atoms. The molecule has 3 rings (SSSR count). The van der Waals surface area contributed by atoms with Crippen LogP contribution in [-0.2, 0) is 6.54 Å². The van der Waals surface area contributed by atoms with Gasteiger partial charge in [-0.15, -0.1) is 12.4 Å². The van der Waals surface area contributed by atoms with E-state index in [2.05, 4.69) is 47.4 Å². The van der Waals surface area contributed by atoms with Crippen LogP contribution < -0.4 is 5.73 Å². The van der Waals surface area contributed by atoms with Gasteiger partial charge in [0.05, 0.1) is 0 Å². The Bertz CT molecular complexity index is 536. The van der Waals surface area contributed by atoms with Gasteiger partial charge in [-0.3, -0.25) is 4.90 Å². The first-order valence-electron chi connectivity index (χ1n) is 6.79. The maximum atomic E-state index is 5.85. The molecule has 1 atom stereocenters. The zero-order chi connectivity index (χ0) is 12.4. The molecule has 102 valence electrons. The summed E-state index contributed by atoms with van der Waals surface area (Å²) in [5.41, 5.74) is 7.27. The van der Waals surface area contributed by atoms with Crippen LogP contribution in [0.1, 0.15) is 18.4 Å². The second-order valence-electron chi connectivity index (χ2n) is 5.14. The minimum absolute atomic E-state index is 0. The molecule has 2 N–H and O–H groups in total. The van der Waals surface area contributed by atoms with E-state index in [0.29, 0.717) is 6.04 Å². The van der Waals surface area contributed by atoms with Crippen LogP contribution in [0, 0.1) is 0 Å². The van der Waals surface area contributed by atoms with E-state index in [-0.39, 0.29) is 12.4 Å². The SMILES string of the molecule is Cl.NCC1CCCN1Cc1cccc2ccccc12. The lowest BCUT2D eigenvalue weighted by Crippen LogP contribution is -2.34. The fraction of sp³-hybridized carbons (Fsp3) is 0.375. The molecular weight excluding hydrogens is 256 g/mol. The zero-order valence-corrected chi connectivity index (χ0v) is 11.9. The molecule has 2 aromatic carbocycles. The molecule has 0 saturated carbocycles. The summed E-state index contributed by atoms with van der Waals surface area (Å²) in [5, 5.41) is 2.71. The molecule has 0 aliphatic carbocycles. The summed E-state index contributed by atoms with van der Waals surface area (Å²) in [7, 11) is 0. The Kier molecular flexibility index (Phi) is 4.81. The molecule has 1 heterocycles. The van der Waals surface area contributed by atoms with Crippen LogP contribution in [0.25, 0.3) is 10.8 Å².